The van der Waals surface area contributed by atoms with E-state index in [1.54, 1.807) is 31.4 Å². The van der Waals surface area contributed by atoms with Gasteiger partial charge < -0.3 is 4.74 Å². The standard InChI is InChI=1S/C23H18ClN3O4S2/c1-31-17-5-8-19-21(13-17)32-23(25-19)26-22(28)14-2-6-18(7-3-14)33(29,30)27-11-10-15-12-16(24)4-9-20(15)27/h2-9,12-13H,10-11H2,1H3,(H,25,26,28). The number of fused-ring (bicyclic) bond motifs is 2. The molecule has 0 spiro atoms. The van der Waals surface area contributed by atoms with E-state index in [4.69, 9.17) is 16.3 Å². The maximum Gasteiger partial charge on any atom is 0.264 e. The molecule has 5 rings (SSSR count). The van der Waals surface area contributed by atoms with E-state index < -0.39 is 10.0 Å². The van der Waals surface area contributed by atoms with Crippen LogP contribution in [-0.2, 0) is 16.4 Å². The van der Waals surface area contributed by atoms with Gasteiger partial charge >= 0.3 is 0 Å². The number of amides is 1. The molecule has 1 N–H and O–H groups in total. The molecule has 0 saturated heterocycles. The van der Waals surface area contributed by atoms with E-state index >= 15 is 0 Å². The number of anilines is 2. The van der Waals surface area contributed by atoms with Crippen LogP contribution in [0.25, 0.3) is 10.2 Å². The van der Waals surface area contributed by atoms with Crippen molar-refractivity contribution in [2.24, 2.45) is 0 Å². The van der Waals surface area contributed by atoms with Gasteiger partial charge in [-0.1, -0.05) is 22.9 Å². The number of hydrogen-bond acceptors (Lipinski definition) is 6. The Balaban J connectivity index is 1.35. The molecule has 3 aromatic carbocycles. The second kappa shape index (κ2) is 8.33. The molecule has 0 fully saturated rings. The van der Waals surface area contributed by atoms with E-state index in [2.05, 4.69) is 10.3 Å². The summed E-state index contributed by atoms with van der Waals surface area (Å²) < 4.78 is 33.8. The Labute approximate surface area is 199 Å². The van der Waals surface area contributed by atoms with Crippen molar-refractivity contribution < 1.29 is 17.9 Å². The van der Waals surface area contributed by atoms with Gasteiger partial charge in [-0.2, -0.15) is 0 Å². The highest BCUT2D eigenvalue weighted by Gasteiger charge is 2.31. The van der Waals surface area contributed by atoms with E-state index in [1.165, 1.54) is 39.9 Å². The van der Waals surface area contributed by atoms with Crippen molar-refractivity contribution in [3.63, 3.8) is 0 Å². The third-order valence-electron chi connectivity index (χ3n) is 5.42. The SMILES string of the molecule is COc1ccc2nc(NC(=O)c3ccc(S(=O)(=O)N4CCc5cc(Cl)ccc54)cc3)sc2c1. The number of rotatable bonds is 5. The molecule has 10 heteroatoms. The molecule has 7 nitrogen and oxygen atoms in total. The zero-order chi connectivity index (χ0) is 23.2. The van der Waals surface area contributed by atoms with Crippen LogP contribution >= 0.6 is 22.9 Å². The number of aromatic nitrogens is 1. The van der Waals surface area contributed by atoms with Crippen LogP contribution in [0.2, 0.25) is 5.02 Å². The average molecular weight is 500 g/mol. The Kier molecular flexibility index (Phi) is 5.48. The lowest BCUT2D eigenvalue weighted by Gasteiger charge is -2.19. The van der Waals surface area contributed by atoms with Gasteiger partial charge in [0.05, 0.1) is 27.9 Å². The normalized spacial score (nSPS) is 13.2. The zero-order valence-electron chi connectivity index (χ0n) is 17.4. The van der Waals surface area contributed by atoms with E-state index in [9.17, 15) is 13.2 Å². The lowest BCUT2D eigenvalue weighted by atomic mass is 10.2. The molecule has 33 heavy (non-hydrogen) atoms. The number of nitrogens with one attached hydrogen (secondary N) is 1. The van der Waals surface area contributed by atoms with Crippen LogP contribution in [0, 0.1) is 0 Å². The Hall–Kier alpha value is -3.14. The van der Waals surface area contributed by atoms with Crippen LogP contribution in [-0.4, -0.2) is 33.0 Å². The van der Waals surface area contributed by atoms with E-state index in [0.29, 0.717) is 40.1 Å². The van der Waals surface area contributed by atoms with E-state index in [0.717, 1.165) is 15.8 Å². The first-order chi connectivity index (χ1) is 15.8. The summed E-state index contributed by atoms with van der Waals surface area (Å²) in [7, 11) is -2.16. The third kappa shape index (κ3) is 4.03. The molecule has 168 valence electrons. The van der Waals surface area contributed by atoms with Gasteiger partial charge in [-0.15, -0.1) is 0 Å². The maximum absolute atomic E-state index is 13.2. The highest BCUT2D eigenvalue weighted by Crippen LogP contribution is 2.35. The lowest BCUT2D eigenvalue weighted by molar-refractivity contribution is 0.102. The molecule has 1 amide bonds. The molecule has 1 aliphatic heterocycles. The minimum Gasteiger partial charge on any atom is -0.497 e. The number of carbonyl (C=O) groups excluding carboxylic acids is 1. The van der Waals surface area contributed by atoms with Gasteiger partial charge in [0, 0.05) is 17.1 Å². The molecule has 1 aromatic heterocycles. The number of sulfonamides is 1. The monoisotopic (exact) mass is 499 g/mol. The first-order valence-electron chi connectivity index (χ1n) is 10.0. The van der Waals surface area contributed by atoms with Crippen LogP contribution in [0.1, 0.15) is 15.9 Å². The number of methoxy groups -OCH3 is 1. The van der Waals surface area contributed by atoms with Gasteiger partial charge in [0.2, 0.25) is 0 Å². The summed E-state index contributed by atoms with van der Waals surface area (Å²) in [5, 5.41) is 3.80. The highest BCUT2D eigenvalue weighted by atomic mass is 35.5. The second-order valence-electron chi connectivity index (χ2n) is 7.43. The van der Waals surface area contributed by atoms with Crippen LogP contribution in [0.3, 0.4) is 0 Å². The second-order valence-corrected chi connectivity index (χ2v) is 10.8. The Bertz CT molecular complexity index is 1480. The lowest BCUT2D eigenvalue weighted by Crippen LogP contribution is -2.29. The molecule has 4 aromatic rings. The first-order valence-corrected chi connectivity index (χ1v) is 12.7. The van der Waals surface area contributed by atoms with E-state index in [-0.39, 0.29) is 10.8 Å². The topological polar surface area (TPSA) is 88.6 Å². The fraction of sp³-hybridized carbons (Fsp3) is 0.130. The number of benzene rings is 3. The van der Waals surface area contributed by atoms with Crippen molar-refractivity contribution in [1.82, 2.24) is 4.98 Å². The fourth-order valence-corrected chi connectivity index (χ4v) is 6.34. The van der Waals surface area contributed by atoms with Gasteiger partial charge in [0.15, 0.2) is 5.13 Å². The van der Waals surface area contributed by atoms with Gasteiger partial charge in [-0.25, -0.2) is 13.4 Å². The minimum atomic E-state index is -3.75. The van der Waals surface area contributed by atoms with Crippen LogP contribution < -0.4 is 14.4 Å². The molecular weight excluding hydrogens is 482 g/mol. The zero-order valence-corrected chi connectivity index (χ0v) is 19.8. The number of ether oxygens (including phenoxy) is 1. The largest absolute Gasteiger partial charge is 0.497 e. The Morgan fingerprint density at radius 3 is 2.67 bits per heavy atom. The summed E-state index contributed by atoms with van der Waals surface area (Å²) in [6, 6.07) is 16.6. The molecule has 0 unspecified atom stereocenters. The molecule has 1 aliphatic rings. The summed E-state index contributed by atoms with van der Waals surface area (Å²) in [6.45, 7) is 0.350. The molecule has 0 atom stereocenters. The van der Waals surface area contributed by atoms with Gasteiger partial charge in [0.25, 0.3) is 15.9 Å². The molecule has 2 heterocycles. The van der Waals surface area contributed by atoms with Gasteiger partial charge in [-0.3, -0.25) is 14.4 Å². The van der Waals surface area contributed by atoms with Crippen molar-refractivity contribution in [3.05, 3.63) is 76.8 Å². The van der Waals surface area contributed by atoms with Crippen LogP contribution in [0.15, 0.2) is 65.6 Å². The van der Waals surface area contributed by atoms with E-state index in [1.807, 2.05) is 12.1 Å². The van der Waals surface area contributed by atoms with Crippen LogP contribution in [0.5, 0.6) is 5.75 Å². The highest BCUT2D eigenvalue weighted by molar-refractivity contribution is 7.92. The van der Waals surface area contributed by atoms with Crippen molar-refractivity contribution >= 4 is 59.9 Å². The van der Waals surface area contributed by atoms with Crippen molar-refractivity contribution in [3.8, 4) is 5.75 Å². The fourth-order valence-electron chi connectivity index (χ4n) is 3.75. The third-order valence-corrected chi connectivity index (χ3v) is 8.41. The van der Waals surface area contributed by atoms with Crippen LogP contribution in [0.4, 0.5) is 10.8 Å². The minimum absolute atomic E-state index is 0.119. The van der Waals surface area contributed by atoms with Crippen molar-refractivity contribution in [1.29, 1.82) is 0 Å². The predicted octanol–water partition coefficient (Wildman–Crippen LogP) is 4.96. The average Bonchev–Trinajstić information content (AvgIpc) is 3.41. The molecule has 0 saturated carbocycles. The molecular formula is C23H18ClN3O4S2. The summed E-state index contributed by atoms with van der Waals surface area (Å²) >= 11 is 7.36. The van der Waals surface area contributed by atoms with Crippen molar-refractivity contribution in [2.75, 3.05) is 23.3 Å². The number of thiazole rings is 1. The summed E-state index contributed by atoms with van der Waals surface area (Å²) in [5.74, 6) is 0.343. The molecule has 0 aliphatic carbocycles. The maximum atomic E-state index is 13.2. The number of hydrogen-bond donors (Lipinski definition) is 1. The smallest absolute Gasteiger partial charge is 0.264 e. The first kappa shape index (κ1) is 21.7. The summed E-state index contributed by atoms with van der Waals surface area (Å²) in [6.07, 6.45) is 0.601. The van der Waals surface area contributed by atoms with Gasteiger partial charge in [-0.05, 0) is 72.6 Å². The quantitative estimate of drug-likeness (QED) is 0.419. The van der Waals surface area contributed by atoms with Gasteiger partial charge in [0.1, 0.15) is 5.75 Å². The van der Waals surface area contributed by atoms with Crippen molar-refractivity contribution in [2.45, 2.75) is 11.3 Å². The summed E-state index contributed by atoms with van der Waals surface area (Å²) in [5.41, 5.74) is 2.62. The molecule has 0 bridgehead atoms. The molecule has 0 radical (unpaired) electrons. The number of carbonyl (C=O) groups is 1. The number of nitrogens with zero attached hydrogens (tertiary/aromatic N) is 2. The number of halogens is 1. The predicted molar refractivity (Wildman–Crippen MR) is 130 cm³/mol. The Morgan fingerprint density at radius 1 is 1.12 bits per heavy atom. The summed E-state index contributed by atoms with van der Waals surface area (Å²) in [4.78, 5) is 17.2. The Morgan fingerprint density at radius 2 is 1.91 bits per heavy atom.